The Morgan fingerprint density at radius 3 is 2.67 bits per heavy atom. The Bertz CT molecular complexity index is 173. The van der Waals surface area contributed by atoms with Crippen LogP contribution in [0.25, 0.3) is 0 Å². The first-order valence-electron chi connectivity index (χ1n) is 6.16. The molecule has 0 aromatic heterocycles. The van der Waals surface area contributed by atoms with Gasteiger partial charge < -0.3 is 5.32 Å². The van der Waals surface area contributed by atoms with E-state index in [0.717, 1.165) is 24.3 Å². The third-order valence-corrected chi connectivity index (χ3v) is 4.02. The van der Waals surface area contributed by atoms with Gasteiger partial charge in [-0.05, 0) is 19.4 Å². The summed E-state index contributed by atoms with van der Waals surface area (Å²) in [7, 11) is 0. The fourth-order valence-electron chi connectivity index (χ4n) is 1.96. The Morgan fingerprint density at radius 2 is 2.07 bits per heavy atom. The van der Waals surface area contributed by atoms with Crippen molar-refractivity contribution in [2.75, 3.05) is 31.9 Å². The molecule has 2 atom stereocenters. The molecule has 1 saturated heterocycles. The van der Waals surface area contributed by atoms with Gasteiger partial charge >= 0.3 is 0 Å². The van der Waals surface area contributed by atoms with Crippen LogP contribution < -0.4 is 5.32 Å². The van der Waals surface area contributed by atoms with Crippen LogP contribution in [-0.2, 0) is 0 Å². The molecule has 0 amide bonds. The molecule has 0 aliphatic carbocycles. The number of hydrogen-bond acceptors (Lipinski definition) is 3. The van der Waals surface area contributed by atoms with Crippen LogP contribution in [0.3, 0.4) is 0 Å². The summed E-state index contributed by atoms with van der Waals surface area (Å²) in [6.07, 6.45) is 0. The van der Waals surface area contributed by atoms with Gasteiger partial charge in [0, 0.05) is 36.7 Å². The lowest BCUT2D eigenvalue weighted by atomic mass is 10.2. The van der Waals surface area contributed by atoms with Crippen LogP contribution in [0.15, 0.2) is 0 Å². The van der Waals surface area contributed by atoms with E-state index < -0.39 is 0 Å². The maximum atomic E-state index is 3.55. The van der Waals surface area contributed by atoms with Crippen molar-refractivity contribution in [2.24, 2.45) is 5.92 Å². The van der Waals surface area contributed by atoms with E-state index in [2.05, 4.69) is 49.7 Å². The topological polar surface area (TPSA) is 15.3 Å². The Kier molecular flexibility index (Phi) is 6.02. The highest BCUT2D eigenvalue weighted by molar-refractivity contribution is 7.99. The van der Waals surface area contributed by atoms with Gasteiger partial charge in [-0.2, -0.15) is 11.8 Å². The van der Waals surface area contributed by atoms with Gasteiger partial charge in [-0.15, -0.1) is 0 Å². The van der Waals surface area contributed by atoms with Crippen molar-refractivity contribution in [3.05, 3.63) is 0 Å². The summed E-state index contributed by atoms with van der Waals surface area (Å²) in [6.45, 7) is 14.0. The van der Waals surface area contributed by atoms with Gasteiger partial charge in [0.25, 0.3) is 0 Å². The molecule has 0 aromatic carbocycles. The second kappa shape index (κ2) is 6.77. The average molecular weight is 230 g/mol. The largest absolute Gasteiger partial charge is 0.315 e. The van der Waals surface area contributed by atoms with Gasteiger partial charge in [0.15, 0.2) is 0 Å². The maximum absolute atomic E-state index is 3.55. The first kappa shape index (κ1) is 13.3. The number of nitrogens with zero attached hydrogens (tertiary/aromatic N) is 1. The first-order chi connectivity index (χ1) is 7.09. The van der Waals surface area contributed by atoms with Crippen LogP contribution in [0.2, 0.25) is 0 Å². The summed E-state index contributed by atoms with van der Waals surface area (Å²) in [6, 6.07) is 0.687. The van der Waals surface area contributed by atoms with Crippen molar-refractivity contribution >= 4 is 11.8 Å². The molecule has 0 radical (unpaired) electrons. The summed E-state index contributed by atoms with van der Waals surface area (Å²) in [5.41, 5.74) is 0. The molecule has 2 unspecified atom stereocenters. The van der Waals surface area contributed by atoms with Crippen LogP contribution in [0, 0.1) is 5.92 Å². The van der Waals surface area contributed by atoms with Gasteiger partial charge in [-0.3, -0.25) is 4.90 Å². The lowest BCUT2D eigenvalue weighted by molar-refractivity contribution is 0.212. The number of rotatable bonds is 5. The van der Waals surface area contributed by atoms with Crippen molar-refractivity contribution in [3.63, 3.8) is 0 Å². The van der Waals surface area contributed by atoms with Gasteiger partial charge in [-0.1, -0.05) is 20.8 Å². The molecule has 0 aromatic rings. The molecular formula is C12H26N2S. The fraction of sp³-hybridized carbons (Fsp3) is 1.00. The Hall–Kier alpha value is 0.270. The highest BCUT2D eigenvalue weighted by Crippen LogP contribution is 2.19. The normalized spacial score (nSPS) is 25.8. The third kappa shape index (κ3) is 5.23. The second-order valence-electron chi connectivity index (χ2n) is 5.08. The van der Waals surface area contributed by atoms with E-state index in [1.165, 1.54) is 18.8 Å². The minimum absolute atomic E-state index is 0.687. The first-order valence-corrected chi connectivity index (χ1v) is 7.21. The molecule has 1 N–H and O–H groups in total. The monoisotopic (exact) mass is 230 g/mol. The van der Waals surface area contributed by atoms with E-state index in [9.17, 15) is 0 Å². The summed E-state index contributed by atoms with van der Waals surface area (Å²) < 4.78 is 0. The summed E-state index contributed by atoms with van der Waals surface area (Å²) in [5.74, 6) is 2.06. The molecule has 90 valence electrons. The van der Waals surface area contributed by atoms with Crippen molar-refractivity contribution in [1.82, 2.24) is 10.2 Å². The molecule has 3 heteroatoms. The van der Waals surface area contributed by atoms with Crippen molar-refractivity contribution in [3.8, 4) is 0 Å². The van der Waals surface area contributed by atoms with Crippen molar-refractivity contribution in [1.29, 1.82) is 0 Å². The number of hydrogen-bond donors (Lipinski definition) is 1. The van der Waals surface area contributed by atoms with E-state index in [4.69, 9.17) is 0 Å². The molecule has 1 rings (SSSR count). The summed E-state index contributed by atoms with van der Waals surface area (Å²) in [5, 5.41) is 4.36. The van der Waals surface area contributed by atoms with Crippen LogP contribution in [0.4, 0.5) is 0 Å². The lowest BCUT2D eigenvalue weighted by Crippen LogP contribution is -2.47. The predicted octanol–water partition coefficient (Wildman–Crippen LogP) is 2.06. The molecule has 1 heterocycles. The SMILES string of the molecule is CC(C)CNCC(C)N1CCSC(C)C1. The zero-order valence-corrected chi connectivity index (χ0v) is 11.4. The average Bonchev–Trinajstić information content (AvgIpc) is 2.17. The van der Waals surface area contributed by atoms with Crippen molar-refractivity contribution in [2.45, 2.75) is 39.0 Å². The number of thioether (sulfide) groups is 1. The van der Waals surface area contributed by atoms with Crippen LogP contribution in [0.5, 0.6) is 0 Å². The molecule has 0 spiro atoms. The minimum atomic E-state index is 0.687. The zero-order chi connectivity index (χ0) is 11.3. The Labute approximate surface area is 99.2 Å². The highest BCUT2D eigenvalue weighted by atomic mass is 32.2. The standard InChI is InChI=1S/C12H26N2S/c1-10(2)7-13-8-11(3)14-5-6-15-12(4)9-14/h10-13H,5-9H2,1-4H3. The van der Waals surface area contributed by atoms with Gasteiger partial charge in [0.1, 0.15) is 0 Å². The van der Waals surface area contributed by atoms with E-state index in [1.54, 1.807) is 0 Å². The molecular weight excluding hydrogens is 204 g/mol. The van der Waals surface area contributed by atoms with E-state index in [0.29, 0.717) is 6.04 Å². The quantitative estimate of drug-likeness (QED) is 0.778. The van der Waals surface area contributed by atoms with E-state index in [-0.39, 0.29) is 0 Å². The lowest BCUT2D eigenvalue weighted by Gasteiger charge is -2.35. The second-order valence-corrected chi connectivity index (χ2v) is 6.62. The Morgan fingerprint density at radius 1 is 1.33 bits per heavy atom. The van der Waals surface area contributed by atoms with Gasteiger partial charge in [0.05, 0.1) is 0 Å². The number of nitrogens with one attached hydrogen (secondary N) is 1. The highest BCUT2D eigenvalue weighted by Gasteiger charge is 2.20. The molecule has 1 aliphatic heterocycles. The van der Waals surface area contributed by atoms with E-state index >= 15 is 0 Å². The van der Waals surface area contributed by atoms with Gasteiger partial charge in [0.2, 0.25) is 0 Å². The fourth-order valence-corrected chi connectivity index (χ4v) is 2.99. The summed E-state index contributed by atoms with van der Waals surface area (Å²) in [4.78, 5) is 2.62. The summed E-state index contributed by atoms with van der Waals surface area (Å²) >= 11 is 2.11. The minimum Gasteiger partial charge on any atom is -0.315 e. The molecule has 2 nitrogen and oxygen atoms in total. The van der Waals surface area contributed by atoms with Crippen LogP contribution in [-0.4, -0.2) is 48.1 Å². The maximum Gasteiger partial charge on any atom is 0.0193 e. The zero-order valence-electron chi connectivity index (χ0n) is 10.6. The molecule has 15 heavy (non-hydrogen) atoms. The van der Waals surface area contributed by atoms with Gasteiger partial charge in [-0.25, -0.2) is 0 Å². The smallest absolute Gasteiger partial charge is 0.0193 e. The molecule has 0 saturated carbocycles. The predicted molar refractivity (Wildman–Crippen MR) is 70.7 cm³/mol. The molecule has 1 aliphatic rings. The van der Waals surface area contributed by atoms with E-state index in [1.807, 2.05) is 0 Å². The Balaban J connectivity index is 2.17. The van der Waals surface area contributed by atoms with Crippen LogP contribution in [0.1, 0.15) is 27.7 Å². The van der Waals surface area contributed by atoms with Crippen LogP contribution >= 0.6 is 11.8 Å². The van der Waals surface area contributed by atoms with Crippen molar-refractivity contribution < 1.29 is 0 Å². The molecule has 1 fully saturated rings. The third-order valence-electron chi connectivity index (χ3n) is 2.89. The molecule has 0 bridgehead atoms.